The van der Waals surface area contributed by atoms with E-state index in [1.54, 1.807) is 4.90 Å². The van der Waals surface area contributed by atoms with Crippen molar-refractivity contribution >= 4 is 24.3 Å². The Morgan fingerprint density at radius 2 is 1.68 bits per heavy atom. The smallest absolute Gasteiger partial charge is 0.320 e. The second-order valence-corrected chi connectivity index (χ2v) is 8.01. The van der Waals surface area contributed by atoms with E-state index in [1.807, 2.05) is 42.3 Å². The summed E-state index contributed by atoms with van der Waals surface area (Å²) in [4.78, 5) is 28.8. The number of rotatable bonds is 4. The number of nitrogens with zero attached hydrogens (tertiary/aromatic N) is 2. The molecule has 0 bridgehead atoms. The SMILES string of the molecule is CN(Cc1ccccc1)C(=O)N1CCC(C(=O)NC2CCC(N)CC2)CC1.Cl. The van der Waals surface area contributed by atoms with Gasteiger partial charge < -0.3 is 20.9 Å². The first kappa shape index (κ1) is 22.5. The van der Waals surface area contributed by atoms with Crippen LogP contribution in [-0.2, 0) is 11.3 Å². The normalized spacial score (nSPS) is 22.9. The van der Waals surface area contributed by atoms with Crippen molar-refractivity contribution in [1.82, 2.24) is 15.1 Å². The van der Waals surface area contributed by atoms with Gasteiger partial charge in [0, 0.05) is 44.7 Å². The van der Waals surface area contributed by atoms with E-state index < -0.39 is 0 Å². The van der Waals surface area contributed by atoms with Crippen LogP contribution in [0.25, 0.3) is 0 Å². The molecule has 3 N–H and O–H groups in total. The highest BCUT2D eigenvalue weighted by atomic mass is 35.5. The first-order valence-electron chi connectivity index (χ1n) is 10.1. The molecule has 1 aromatic carbocycles. The number of amides is 3. The molecule has 1 aromatic rings. The summed E-state index contributed by atoms with van der Waals surface area (Å²) in [6.45, 7) is 1.89. The molecule has 2 fully saturated rings. The lowest BCUT2D eigenvalue weighted by Gasteiger charge is -2.35. The van der Waals surface area contributed by atoms with Crippen molar-refractivity contribution in [3.63, 3.8) is 0 Å². The van der Waals surface area contributed by atoms with Crippen LogP contribution in [0.5, 0.6) is 0 Å². The summed E-state index contributed by atoms with van der Waals surface area (Å²) in [5, 5.41) is 3.20. The van der Waals surface area contributed by atoms with Crippen LogP contribution in [0, 0.1) is 5.92 Å². The monoisotopic (exact) mass is 408 g/mol. The van der Waals surface area contributed by atoms with Crippen molar-refractivity contribution in [2.24, 2.45) is 11.7 Å². The van der Waals surface area contributed by atoms with Crippen molar-refractivity contribution in [3.8, 4) is 0 Å². The van der Waals surface area contributed by atoms with Crippen molar-refractivity contribution < 1.29 is 9.59 Å². The predicted octanol–water partition coefficient (Wildman–Crippen LogP) is 2.76. The van der Waals surface area contributed by atoms with E-state index in [0.29, 0.717) is 25.7 Å². The van der Waals surface area contributed by atoms with E-state index in [0.717, 1.165) is 44.1 Å². The average Bonchev–Trinajstić information content (AvgIpc) is 2.70. The number of piperidine rings is 1. The van der Waals surface area contributed by atoms with Crippen molar-refractivity contribution in [3.05, 3.63) is 35.9 Å². The van der Waals surface area contributed by atoms with Gasteiger partial charge in [0.2, 0.25) is 5.91 Å². The molecule has 3 amide bonds. The molecule has 156 valence electrons. The fraction of sp³-hybridized carbons (Fsp3) is 0.619. The summed E-state index contributed by atoms with van der Waals surface area (Å²) in [6, 6.07) is 10.6. The Hall–Kier alpha value is -1.79. The molecule has 0 aromatic heterocycles. The van der Waals surface area contributed by atoms with Crippen LogP contribution in [0.1, 0.15) is 44.1 Å². The summed E-state index contributed by atoms with van der Waals surface area (Å²) in [6.07, 6.45) is 5.42. The largest absolute Gasteiger partial charge is 0.353 e. The summed E-state index contributed by atoms with van der Waals surface area (Å²) >= 11 is 0. The minimum Gasteiger partial charge on any atom is -0.353 e. The molecule has 0 atom stereocenters. The average molecular weight is 409 g/mol. The van der Waals surface area contributed by atoms with Crippen LogP contribution in [-0.4, -0.2) is 54.0 Å². The van der Waals surface area contributed by atoms with Gasteiger partial charge in [0.05, 0.1) is 0 Å². The fourth-order valence-corrected chi connectivity index (χ4v) is 4.08. The Bertz CT molecular complexity index is 627. The fourth-order valence-electron chi connectivity index (χ4n) is 4.08. The molecule has 1 aliphatic heterocycles. The van der Waals surface area contributed by atoms with Crippen LogP contribution >= 0.6 is 12.4 Å². The first-order valence-corrected chi connectivity index (χ1v) is 10.1. The zero-order valence-electron chi connectivity index (χ0n) is 16.7. The highest BCUT2D eigenvalue weighted by Gasteiger charge is 2.30. The van der Waals surface area contributed by atoms with Crippen molar-refractivity contribution in [1.29, 1.82) is 0 Å². The number of urea groups is 1. The molecule has 7 heteroatoms. The molecule has 0 spiro atoms. The third kappa shape index (κ3) is 6.11. The number of nitrogens with two attached hydrogens (primary N) is 1. The van der Waals surface area contributed by atoms with Gasteiger partial charge in [-0.1, -0.05) is 30.3 Å². The zero-order chi connectivity index (χ0) is 19.2. The Balaban J connectivity index is 0.00000280. The van der Waals surface area contributed by atoms with E-state index in [-0.39, 0.29) is 36.3 Å². The van der Waals surface area contributed by atoms with E-state index in [9.17, 15) is 9.59 Å². The maximum absolute atomic E-state index is 12.7. The Morgan fingerprint density at radius 1 is 1.07 bits per heavy atom. The van der Waals surface area contributed by atoms with E-state index in [1.165, 1.54) is 0 Å². The molecule has 1 aliphatic carbocycles. The molecule has 1 heterocycles. The van der Waals surface area contributed by atoms with Crippen LogP contribution in [0.2, 0.25) is 0 Å². The maximum atomic E-state index is 12.7. The van der Waals surface area contributed by atoms with Gasteiger partial charge in [-0.15, -0.1) is 12.4 Å². The molecular weight excluding hydrogens is 376 g/mol. The molecule has 3 rings (SSSR count). The lowest BCUT2D eigenvalue weighted by Crippen LogP contribution is -2.49. The minimum atomic E-state index is 0. The molecule has 28 heavy (non-hydrogen) atoms. The number of benzene rings is 1. The lowest BCUT2D eigenvalue weighted by molar-refractivity contribution is -0.127. The summed E-state index contributed by atoms with van der Waals surface area (Å²) in [7, 11) is 1.84. The van der Waals surface area contributed by atoms with Gasteiger partial charge in [-0.05, 0) is 44.1 Å². The van der Waals surface area contributed by atoms with Gasteiger partial charge in [0.25, 0.3) is 0 Å². The third-order valence-corrected chi connectivity index (χ3v) is 5.84. The van der Waals surface area contributed by atoms with Gasteiger partial charge in [-0.3, -0.25) is 4.79 Å². The second kappa shape index (κ2) is 10.7. The van der Waals surface area contributed by atoms with Crippen LogP contribution in [0.4, 0.5) is 4.79 Å². The highest BCUT2D eigenvalue weighted by molar-refractivity contribution is 5.85. The third-order valence-electron chi connectivity index (χ3n) is 5.84. The van der Waals surface area contributed by atoms with Gasteiger partial charge >= 0.3 is 6.03 Å². The number of carbonyl (C=O) groups excluding carboxylic acids is 2. The summed E-state index contributed by atoms with van der Waals surface area (Å²) < 4.78 is 0. The number of halogens is 1. The molecule has 2 aliphatic rings. The second-order valence-electron chi connectivity index (χ2n) is 8.01. The van der Waals surface area contributed by atoms with Crippen LogP contribution in [0.15, 0.2) is 30.3 Å². The van der Waals surface area contributed by atoms with Gasteiger partial charge in [-0.25, -0.2) is 4.79 Å². The summed E-state index contributed by atoms with van der Waals surface area (Å²) in [5.74, 6) is 0.171. The standard InChI is InChI=1S/C21H32N4O2.ClH/c1-24(15-16-5-3-2-4-6-16)21(27)25-13-11-17(12-14-25)20(26)23-19-9-7-18(22)8-10-19;/h2-6,17-19H,7-15,22H2,1H3,(H,23,26);1H. The molecular formula is C21H33ClN4O2. The van der Waals surface area contributed by atoms with E-state index in [4.69, 9.17) is 5.73 Å². The highest BCUT2D eigenvalue weighted by Crippen LogP contribution is 2.21. The van der Waals surface area contributed by atoms with Crippen molar-refractivity contribution in [2.45, 2.75) is 57.2 Å². The predicted molar refractivity (Wildman–Crippen MR) is 113 cm³/mol. The quantitative estimate of drug-likeness (QED) is 0.803. The Labute approximate surface area is 174 Å². The maximum Gasteiger partial charge on any atom is 0.320 e. The first-order chi connectivity index (χ1) is 13.0. The molecule has 1 saturated carbocycles. The summed E-state index contributed by atoms with van der Waals surface area (Å²) in [5.41, 5.74) is 7.05. The lowest BCUT2D eigenvalue weighted by atomic mass is 9.90. The van der Waals surface area contributed by atoms with Crippen LogP contribution < -0.4 is 11.1 Å². The molecule has 0 unspecified atom stereocenters. The molecule has 0 radical (unpaired) electrons. The molecule has 6 nitrogen and oxygen atoms in total. The number of hydrogen-bond donors (Lipinski definition) is 2. The topological polar surface area (TPSA) is 78.7 Å². The van der Waals surface area contributed by atoms with Gasteiger partial charge in [0.15, 0.2) is 0 Å². The number of nitrogens with one attached hydrogen (secondary N) is 1. The number of carbonyl (C=O) groups is 2. The van der Waals surface area contributed by atoms with Crippen LogP contribution in [0.3, 0.4) is 0 Å². The minimum absolute atomic E-state index is 0. The van der Waals surface area contributed by atoms with Crippen molar-refractivity contribution in [2.75, 3.05) is 20.1 Å². The zero-order valence-corrected chi connectivity index (χ0v) is 17.5. The van der Waals surface area contributed by atoms with E-state index >= 15 is 0 Å². The van der Waals surface area contributed by atoms with Gasteiger partial charge in [0.1, 0.15) is 0 Å². The number of hydrogen-bond acceptors (Lipinski definition) is 3. The number of likely N-dealkylation sites (tertiary alicyclic amines) is 1. The Morgan fingerprint density at radius 3 is 2.29 bits per heavy atom. The molecule has 1 saturated heterocycles. The van der Waals surface area contributed by atoms with Gasteiger partial charge in [-0.2, -0.15) is 0 Å². The Kier molecular flexibility index (Phi) is 8.58. The van der Waals surface area contributed by atoms with E-state index in [2.05, 4.69) is 5.32 Å².